The van der Waals surface area contributed by atoms with Crippen molar-refractivity contribution in [1.29, 1.82) is 0 Å². The molecule has 0 aliphatic rings. The molecule has 0 fully saturated rings. The van der Waals surface area contributed by atoms with Crippen molar-refractivity contribution in [3.05, 3.63) is 22.5 Å². The molecule has 0 atom stereocenters. The summed E-state index contributed by atoms with van der Waals surface area (Å²) >= 11 is 8.30. The number of hydrogen-bond acceptors (Lipinski definition) is 5. The SMILES string of the molecule is O=[N+]([O-])c1nccn1CCOC(=S)S. The van der Waals surface area contributed by atoms with E-state index in [1.54, 1.807) is 0 Å². The normalized spacial score (nSPS) is 9.79. The Morgan fingerprint density at radius 1 is 1.86 bits per heavy atom. The van der Waals surface area contributed by atoms with Gasteiger partial charge in [-0.15, -0.1) is 0 Å². The van der Waals surface area contributed by atoms with E-state index in [0.717, 1.165) is 0 Å². The summed E-state index contributed by atoms with van der Waals surface area (Å²) in [6, 6.07) is 0. The number of ether oxygens (including phenoxy) is 1. The van der Waals surface area contributed by atoms with Gasteiger partial charge < -0.3 is 14.9 Å². The topological polar surface area (TPSA) is 70.2 Å². The van der Waals surface area contributed by atoms with Crippen molar-refractivity contribution in [2.24, 2.45) is 0 Å². The molecule has 76 valence electrons. The Kier molecular flexibility index (Phi) is 3.84. The molecule has 1 rings (SSSR count). The smallest absolute Gasteiger partial charge is 0.434 e. The summed E-state index contributed by atoms with van der Waals surface area (Å²) < 4.78 is 6.36. The highest BCUT2D eigenvalue weighted by molar-refractivity contribution is 8.10. The van der Waals surface area contributed by atoms with Gasteiger partial charge in [0.05, 0.1) is 0 Å². The number of imidazole rings is 1. The van der Waals surface area contributed by atoms with E-state index in [9.17, 15) is 10.1 Å². The molecular formula is C6H7N3O3S2. The van der Waals surface area contributed by atoms with Crippen LogP contribution in [0.2, 0.25) is 0 Å². The highest BCUT2D eigenvalue weighted by atomic mass is 32.1. The molecule has 0 radical (unpaired) electrons. The molecule has 0 aliphatic carbocycles. The number of thiocarbonyl (C=S) groups is 1. The lowest BCUT2D eigenvalue weighted by Gasteiger charge is -2.02. The fraction of sp³-hybridized carbons (Fsp3) is 0.333. The third-order valence-electron chi connectivity index (χ3n) is 1.41. The molecule has 8 heteroatoms. The van der Waals surface area contributed by atoms with Crippen LogP contribution in [0.15, 0.2) is 12.4 Å². The Balaban J connectivity index is 2.54. The Morgan fingerprint density at radius 3 is 3.14 bits per heavy atom. The monoisotopic (exact) mass is 233 g/mol. The second kappa shape index (κ2) is 4.91. The molecule has 6 nitrogen and oxygen atoms in total. The van der Waals surface area contributed by atoms with Crippen molar-refractivity contribution in [1.82, 2.24) is 9.55 Å². The van der Waals surface area contributed by atoms with E-state index >= 15 is 0 Å². The van der Waals surface area contributed by atoms with Crippen molar-refractivity contribution in [3.8, 4) is 0 Å². The highest BCUT2D eigenvalue weighted by Gasteiger charge is 2.13. The van der Waals surface area contributed by atoms with Crippen LogP contribution >= 0.6 is 24.8 Å². The van der Waals surface area contributed by atoms with E-state index in [2.05, 4.69) is 29.8 Å². The Labute approximate surface area is 90.4 Å². The van der Waals surface area contributed by atoms with Crippen LogP contribution in [-0.4, -0.2) is 25.5 Å². The third-order valence-corrected chi connectivity index (χ3v) is 1.66. The summed E-state index contributed by atoms with van der Waals surface area (Å²) in [6.45, 7) is 0.552. The number of rotatable bonds is 4. The van der Waals surface area contributed by atoms with Gasteiger partial charge in [-0.3, -0.25) is 0 Å². The minimum atomic E-state index is -0.557. The zero-order valence-corrected chi connectivity index (χ0v) is 8.70. The number of hydrogen-bond donors (Lipinski definition) is 1. The standard InChI is InChI=1S/C6H7N3O3S2/c10-9(11)5-7-1-2-8(5)3-4-12-6(13)14/h1-2H,3-4H2,(H,13,14). The fourth-order valence-corrected chi connectivity index (χ4v) is 1.05. The largest absolute Gasteiger partial charge is 0.475 e. The van der Waals surface area contributed by atoms with Crippen LogP contribution in [0.1, 0.15) is 0 Å². The van der Waals surface area contributed by atoms with Gasteiger partial charge in [-0.1, -0.05) is 17.6 Å². The maximum Gasteiger partial charge on any atom is 0.434 e. The average Bonchev–Trinajstić information content (AvgIpc) is 2.51. The Hall–Kier alpha value is -1.15. The fourth-order valence-electron chi connectivity index (χ4n) is 0.879. The first-order chi connectivity index (χ1) is 6.61. The molecule has 0 aliphatic heterocycles. The van der Waals surface area contributed by atoms with Crippen LogP contribution < -0.4 is 0 Å². The molecule has 1 aromatic heterocycles. The molecule has 0 aromatic carbocycles. The summed E-state index contributed by atoms with van der Waals surface area (Å²) in [5, 5.41) is 10.4. The molecule has 1 aromatic rings. The van der Waals surface area contributed by atoms with E-state index in [1.165, 1.54) is 17.0 Å². The second-order valence-corrected chi connectivity index (χ2v) is 3.37. The number of thiol groups is 1. The van der Waals surface area contributed by atoms with Crippen LogP contribution in [0.5, 0.6) is 0 Å². The summed E-state index contributed by atoms with van der Waals surface area (Å²) in [5.74, 6) is -0.210. The van der Waals surface area contributed by atoms with Crippen LogP contribution in [0.25, 0.3) is 0 Å². The molecule has 0 saturated heterocycles. The van der Waals surface area contributed by atoms with Gasteiger partial charge in [0.2, 0.25) is 4.38 Å². The maximum atomic E-state index is 10.4. The molecule has 1 heterocycles. The maximum absolute atomic E-state index is 10.4. The van der Waals surface area contributed by atoms with E-state index in [0.29, 0.717) is 6.54 Å². The first kappa shape index (κ1) is 10.9. The number of nitro groups is 1. The summed E-state index contributed by atoms with van der Waals surface area (Å²) in [7, 11) is 0. The predicted octanol–water partition coefficient (Wildman–Crippen LogP) is 1.02. The Morgan fingerprint density at radius 2 is 2.57 bits per heavy atom. The molecule has 14 heavy (non-hydrogen) atoms. The van der Waals surface area contributed by atoms with E-state index in [-0.39, 0.29) is 16.9 Å². The zero-order chi connectivity index (χ0) is 10.6. The van der Waals surface area contributed by atoms with Gasteiger partial charge >= 0.3 is 5.95 Å². The summed E-state index contributed by atoms with van der Waals surface area (Å²) in [6.07, 6.45) is 2.86. The first-order valence-electron chi connectivity index (χ1n) is 3.62. The number of aromatic nitrogens is 2. The lowest BCUT2D eigenvalue weighted by molar-refractivity contribution is -0.396. The highest BCUT2D eigenvalue weighted by Crippen LogP contribution is 2.06. The van der Waals surface area contributed by atoms with Crippen LogP contribution in [-0.2, 0) is 11.3 Å². The van der Waals surface area contributed by atoms with Gasteiger partial charge in [0, 0.05) is 0 Å². The van der Waals surface area contributed by atoms with Crippen LogP contribution in [0.4, 0.5) is 5.95 Å². The van der Waals surface area contributed by atoms with Gasteiger partial charge in [0.25, 0.3) is 0 Å². The quantitative estimate of drug-likeness (QED) is 0.364. The second-order valence-electron chi connectivity index (χ2n) is 2.29. The summed E-state index contributed by atoms with van der Waals surface area (Å²) in [4.78, 5) is 13.4. The molecule has 0 bridgehead atoms. The molecule has 0 N–H and O–H groups in total. The molecule has 0 spiro atoms. The first-order valence-corrected chi connectivity index (χ1v) is 4.48. The Bertz CT molecular complexity index is 352. The zero-order valence-electron chi connectivity index (χ0n) is 6.99. The van der Waals surface area contributed by atoms with Crippen molar-refractivity contribution in [2.75, 3.05) is 6.61 Å². The van der Waals surface area contributed by atoms with Crippen LogP contribution in [0, 0.1) is 10.1 Å². The van der Waals surface area contributed by atoms with Gasteiger partial charge in [-0.05, 0) is 17.1 Å². The molecule has 0 unspecified atom stereocenters. The predicted molar refractivity (Wildman–Crippen MR) is 56.4 cm³/mol. The van der Waals surface area contributed by atoms with Crippen molar-refractivity contribution in [2.45, 2.75) is 6.54 Å². The van der Waals surface area contributed by atoms with Gasteiger partial charge in [-0.25, -0.2) is 4.57 Å². The molecule has 0 saturated carbocycles. The van der Waals surface area contributed by atoms with Gasteiger partial charge in [0.1, 0.15) is 25.5 Å². The van der Waals surface area contributed by atoms with Gasteiger partial charge in [0.15, 0.2) is 0 Å². The van der Waals surface area contributed by atoms with Crippen molar-refractivity contribution < 1.29 is 9.66 Å². The lowest BCUT2D eigenvalue weighted by atomic mass is 10.6. The minimum Gasteiger partial charge on any atom is -0.475 e. The lowest BCUT2D eigenvalue weighted by Crippen LogP contribution is -2.09. The molecular weight excluding hydrogens is 226 g/mol. The number of nitrogens with zero attached hydrogens (tertiary/aromatic N) is 3. The van der Waals surface area contributed by atoms with Crippen LogP contribution in [0.3, 0.4) is 0 Å². The third kappa shape index (κ3) is 2.96. The van der Waals surface area contributed by atoms with E-state index in [1.807, 2.05) is 0 Å². The average molecular weight is 233 g/mol. The van der Waals surface area contributed by atoms with Gasteiger partial charge in [-0.2, -0.15) is 0 Å². The summed E-state index contributed by atoms with van der Waals surface area (Å²) in [5.41, 5.74) is 0. The van der Waals surface area contributed by atoms with Crippen molar-refractivity contribution in [3.63, 3.8) is 0 Å². The van der Waals surface area contributed by atoms with E-state index in [4.69, 9.17) is 4.74 Å². The van der Waals surface area contributed by atoms with E-state index < -0.39 is 4.92 Å². The molecule has 0 amide bonds. The minimum absolute atomic E-state index is 0.118. The van der Waals surface area contributed by atoms with Crippen molar-refractivity contribution >= 4 is 35.2 Å².